The molecule has 1 aromatic heterocycles. The van der Waals surface area contributed by atoms with Gasteiger partial charge < -0.3 is 10.4 Å². The minimum atomic E-state index is -0.889. The van der Waals surface area contributed by atoms with Gasteiger partial charge >= 0.3 is 5.97 Å². The van der Waals surface area contributed by atoms with Crippen LogP contribution in [-0.2, 0) is 6.54 Å². The number of aromatic carboxylic acids is 1. The number of carboxylic acids is 1. The molecular weight excluding hydrogens is 394 g/mol. The zero-order valence-corrected chi connectivity index (χ0v) is 14.0. The molecule has 0 aliphatic carbocycles. The molecule has 0 bridgehead atoms. The van der Waals surface area contributed by atoms with E-state index in [1.807, 2.05) is 19.1 Å². The lowest BCUT2D eigenvalue weighted by Crippen LogP contribution is -2.00. The second-order valence-corrected chi connectivity index (χ2v) is 6.77. The van der Waals surface area contributed by atoms with E-state index in [4.69, 9.17) is 5.11 Å². The van der Waals surface area contributed by atoms with Gasteiger partial charge in [0.25, 0.3) is 0 Å². The number of benzene rings is 1. The summed E-state index contributed by atoms with van der Waals surface area (Å²) in [5, 5.41) is 13.8. The summed E-state index contributed by atoms with van der Waals surface area (Å²) < 4.78 is 1.96. The largest absolute Gasteiger partial charge is 0.478 e. The minimum Gasteiger partial charge on any atom is -0.478 e. The molecule has 0 saturated carbocycles. The van der Waals surface area contributed by atoms with E-state index in [2.05, 4.69) is 37.2 Å². The van der Waals surface area contributed by atoms with E-state index in [-0.39, 0.29) is 0 Å². The predicted molar refractivity (Wildman–Crippen MR) is 85.2 cm³/mol. The Morgan fingerprint density at radius 2 is 1.95 bits per heavy atom. The van der Waals surface area contributed by atoms with E-state index in [9.17, 15) is 4.79 Å². The molecule has 100 valence electrons. The fourth-order valence-electron chi connectivity index (χ4n) is 1.63. The lowest BCUT2D eigenvalue weighted by molar-refractivity contribution is 0.0697. The van der Waals surface area contributed by atoms with Gasteiger partial charge in [0.1, 0.15) is 0 Å². The van der Waals surface area contributed by atoms with Crippen LogP contribution in [0.3, 0.4) is 0 Å². The van der Waals surface area contributed by atoms with E-state index in [0.29, 0.717) is 12.1 Å². The van der Waals surface area contributed by atoms with Crippen LogP contribution in [0.25, 0.3) is 0 Å². The van der Waals surface area contributed by atoms with Crippen LogP contribution in [0.15, 0.2) is 32.5 Å². The monoisotopic (exact) mass is 403 g/mol. The Bertz CT molecular complexity index is 602. The van der Waals surface area contributed by atoms with Crippen molar-refractivity contribution in [3.05, 3.63) is 48.5 Å². The zero-order valence-electron chi connectivity index (χ0n) is 10.0. The number of aryl methyl sites for hydroxylation is 1. The Morgan fingerprint density at radius 3 is 2.47 bits per heavy atom. The van der Waals surface area contributed by atoms with Crippen molar-refractivity contribution in [2.45, 2.75) is 13.5 Å². The highest BCUT2D eigenvalue weighted by Crippen LogP contribution is 2.33. The molecular formula is C13H11Br2NO2S. The molecule has 0 aliphatic heterocycles. The quantitative estimate of drug-likeness (QED) is 0.762. The third-order valence-corrected chi connectivity index (χ3v) is 4.71. The average molecular weight is 405 g/mol. The fraction of sp³-hybridized carbons (Fsp3) is 0.154. The second kappa shape index (κ2) is 6.07. The molecule has 0 spiro atoms. The lowest BCUT2D eigenvalue weighted by Gasteiger charge is -2.11. The van der Waals surface area contributed by atoms with Crippen molar-refractivity contribution in [2.75, 3.05) is 5.32 Å². The van der Waals surface area contributed by atoms with E-state index in [1.165, 1.54) is 11.3 Å². The average Bonchev–Trinajstić information content (AvgIpc) is 2.76. The summed E-state index contributed by atoms with van der Waals surface area (Å²) in [6.45, 7) is 2.62. The SMILES string of the molecule is Cc1cc(Br)c(NCc2cc(C(=O)O)cs2)c(Br)c1. The number of carbonyl (C=O) groups is 1. The van der Waals surface area contributed by atoms with Gasteiger partial charge in [-0.05, 0) is 62.5 Å². The van der Waals surface area contributed by atoms with Crippen molar-refractivity contribution in [2.24, 2.45) is 0 Å². The Balaban J connectivity index is 2.12. The Kier molecular flexibility index (Phi) is 4.65. The van der Waals surface area contributed by atoms with Crippen molar-refractivity contribution in [3.8, 4) is 0 Å². The molecule has 2 rings (SSSR count). The van der Waals surface area contributed by atoms with Crippen molar-refractivity contribution in [3.63, 3.8) is 0 Å². The third kappa shape index (κ3) is 3.58. The molecule has 3 nitrogen and oxygen atoms in total. The first-order valence-corrected chi connectivity index (χ1v) is 7.94. The van der Waals surface area contributed by atoms with Crippen LogP contribution in [0.2, 0.25) is 0 Å². The molecule has 19 heavy (non-hydrogen) atoms. The topological polar surface area (TPSA) is 49.3 Å². The summed E-state index contributed by atoms with van der Waals surface area (Å²) >= 11 is 8.47. The van der Waals surface area contributed by atoms with E-state index in [0.717, 1.165) is 25.1 Å². The molecule has 0 amide bonds. The molecule has 2 aromatic rings. The van der Waals surface area contributed by atoms with Crippen molar-refractivity contribution in [1.82, 2.24) is 0 Å². The molecule has 0 atom stereocenters. The molecule has 0 saturated heterocycles. The van der Waals surface area contributed by atoms with Gasteiger partial charge in [0, 0.05) is 25.7 Å². The van der Waals surface area contributed by atoms with Crippen LogP contribution in [-0.4, -0.2) is 11.1 Å². The van der Waals surface area contributed by atoms with E-state index in [1.54, 1.807) is 11.4 Å². The highest BCUT2D eigenvalue weighted by molar-refractivity contribution is 9.11. The molecule has 0 fully saturated rings. The first-order valence-electron chi connectivity index (χ1n) is 5.47. The Morgan fingerprint density at radius 1 is 1.32 bits per heavy atom. The lowest BCUT2D eigenvalue weighted by atomic mass is 10.2. The van der Waals surface area contributed by atoms with Gasteiger partial charge in [0.15, 0.2) is 0 Å². The number of halogens is 2. The van der Waals surface area contributed by atoms with Gasteiger partial charge in [0.2, 0.25) is 0 Å². The van der Waals surface area contributed by atoms with Gasteiger partial charge in [-0.1, -0.05) is 0 Å². The third-order valence-electron chi connectivity index (χ3n) is 2.53. The number of thiophene rings is 1. The molecule has 0 unspecified atom stereocenters. The first kappa shape index (κ1) is 14.6. The van der Waals surface area contributed by atoms with E-state index < -0.39 is 5.97 Å². The standard InChI is InChI=1S/C13H11Br2NO2S/c1-7-2-10(14)12(11(15)3-7)16-5-9-4-8(6-19-9)13(17)18/h2-4,6,16H,5H2,1H3,(H,17,18). The Hall–Kier alpha value is -0.850. The van der Waals surface area contributed by atoms with Gasteiger partial charge in [0.05, 0.1) is 11.3 Å². The van der Waals surface area contributed by atoms with Crippen LogP contribution in [0, 0.1) is 6.92 Å². The second-order valence-electron chi connectivity index (χ2n) is 4.06. The maximum absolute atomic E-state index is 10.8. The summed E-state index contributed by atoms with van der Waals surface area (Å²) in [5.74, 6) is -0.889. The summed E-state index contributed by atoms with van der Waals surface area (Å²) in [4.78, 5) is 11.8. The van der Waals surface area contributed by atoms with Gasteiger partial charge in [-0.15, -0.1) is 11.3 Å². The van der Waals surface area contributed by atoms with Gasteiger partial charge in [-0.25, -0.2) is 4.79 Å². The van der Waals surface area contributed by atoms with Crippen molar-refractivity contribution >= 4 is 54.9 Å². The van der Waals surface area contributed by atoms with Crippen LogP contribution >= 0.6 is 43.2 Å². The van der Waals surface area contributed by atoms with Crippen LogP contribution in [0.1, 0.15) is 20.8 Å². The smallest absolute Gasteiger partial charge is 0.336 e. The number of anilines is 1. The normalized spacial score (nSPS) is 10.5. The summed E-state index contributed by atoms with van der Waals surface area (Å²) in [5.41, 5.74) is 2.47. The van der Waals surface area contributed by atoms with Gasteiger partial charge in [-0.2, -0.15) is 0 Å². The number of nitrogens with one attached hydrogen (secondary N) is 1. The molecule has 6 heteroatoms. The molecule has 1 aromatic carbocycles. The number of carboxylic acid groups (broad SMARTS) is 1. The van der Waals surface area contributed by atoms with Crippen LogP contribution in [0.4, 0.5) is 5.69 Å². The molecule has 0 aliphatic rings. The van der Waals surface area contributed by atoms with Gasteiger partial charge in [-0.3, -0.25) is 0 Å². The Labute approximate surface area is 131 Å². The highest BCUT2D eigenvalue weighted by Gasteiger charge is 2.09. The molecule has 0 radical (unpaired) electrons. The maximum atomic E-state index is 10.8. The molecule has 2 N–H and O–H groups in total. The van der Waals surface area contributed by atoms with Crippen molar-refractivity contribution in [1.29, 1.82) is 0 Å². The zero-order chi connectivity index (χ0) is 14.0. The maximum Gasteiger partial charge on any atom is 0.336 e. The summed E-state index contributed by atoms with van der Waals surface area (Å²) in [6, 6.07) is 5.75. The van der Waals surface area contributed by atoms with E-state index >= 15 is 0 Å². The van der Waals surface area contributed by atoms with Crippen molar-refractivity contribution < 1.29 is 9.90 Å². The fourth-order valence-corrected chi connectivity index (χ4v) is 4.12. The van der Waals surface area contributed by atoms with Crippen LogP contribution < -0.4 is 5.32 Å². The summed E-state index contributed by atoms with van der Waals surface area (Å²) in [7, 11) is 0. The number of hydrogen-bond donors (Lipinski definition) is 2. The predicted octanol–water partition coefficient (Wildman–Crippen LogP) is 4.89. The molecule has 1 heterocycles. The number of hydrogen-bond acceptors (Lipinski definition) is 3. The minimum absolute atomic E-state index is 0.337. The summed E-state index contributed by atoms with van der Waals surface area (Å²) in [6.07, 6.45) is 0. The first-order chi connectivity index (χ1) is 8.97. The number of rotatable bonds is 4. The van der Waals surface area contributed by atoms with Crippen LogP contribution in [0.5, 0.6) is 0 Å². The highest BCUT2D eigenvalue weighted by atomic mass is 79.9.